The fraction of sp³-hybridized carbons (Fsp3) is 0.143. The first-order valence-electron chi connectivity index (χ1n) is 5.46. The van der Waals surface area contributed by atoms with Gasteiger partial charge in [-0.15, -0.1) is 0 Å². The Balaban J connectivity index is 2.08. The van der Waals surface area contributed by atoms with Crippen LogP contribution in [0.2, 0.25) is 5.02 Å². The van der Waals surface area contributed by atoms with Crippen LogP contribution >= 0.6 is 11.6 Å². The summed E-state index contributed by atoms with van der Waals surface area (Å²) in [6.45, 7) is 2.08. The second-order valence-corrected chi connectivity index (χ2v) is 4.40. The summed E-state index contributed by atoms with van der Waals surface area (Å²) in [4.78, 5) is 0. The molecule has 0 bridgehead atoms. The Hall–Kier alpha value is -1.67. The first-order valence-corrected chi connectivity index (χ1v) is 5.84. The molecule has 88 valence electrons. The lowest BCUT2D eigenvalue weighted by Gasteiger charge is -2.15. The van der Waals surface area contributed by atoms with Crippen LogP contribution in [-0.2, 0) is 0 Å². The van der Waals surface area contributed by atoms with Crippen molar-refractivity contribution in [3.05, 3.63) is 59.1 Å². The molecule has 2 N–H and O–H groups in total. The molecule has 0 amide bonds. The van der Waals surface area contributed by atoms with E-state index in [1.165, 1.54) is 5.56 Å². The van der Waals surface area contributed by atoms with Crippen molar-refractivity contribution in [2.45, 2.75) is 13.0 Å². The van der Waals surface area contributed by atoms with Gasteiger partial charge in [-0.1, -0.05) is 23.7 Å². The van der Waals surface area contributed by atoms with E-state index in [1.54, 1.807) is 12.1 Å². The second-order valence-electron chi connectivity index (χ2n) is 3.96. The summed E-state index contributed by atoms with van der Waals surface area (Å²) in [5.41, 5.74) is 2.15. The van der Waals surface area contributed by atoms with Crippen molar-refractivity contribution in [3.8, 4) is 5.75 Å². The van der Waals surface area contributed by atoms with Gasteiger partial charge in [0.2, 0.25) is 0 Å². The minimum atomic E-state index is 0.191. The van der Waals surface area contributed by atoms with Crippen LogP contribution in [0.3, 0.4) is 0 Å². The maximum absolute atomic E-state index is 9.20. The van der Waals surface area contributed by atoms with E-state index in [-0.39, 0.29) is 11.8 Å². The molecule has 1 atom stereocenters. The van der Waals surface area contributed by atoms with Gasteiger partial charge in [0.25, 0.3) is 0 Å². The molecule has 0 spiro atoms. The van der Waals surface area contributed by atoms with Gasteiger partial charge < -0.3 is 10.4 Å². The van der Waals surface area contributed by atoms with E-state index in [0.29, 0.717) is 0 Å². The molecule has 0 fully saturated rings. The molecule has 2 nitrogen and oxygen atoms in total. The zero-order valence-electron chi connectivity index (χ0n) is 9.52. The number of hydrogen-bond donors (Lipinski definition) is 2. The highest BCUT2D eigenvalue weighted by atomic mass is 35.5. The van der Waals surface area contributed by atoms with Crippen LogP contribution < -0.4 is 5.32 Å². The molecule has 0 aromatic heterocycles. The van der Waals surface area contributed by atoms with E-state index in [0.717, 1.165) is 10.7 Å². The van der Waals surface area contributed by atoms with Gasteiger partial charge in [-0.2, -0.15) is 0 Å². The standard InChI is InChI=1S/C14H14ClNO/c1-10(11-2-4-12(15)5-3-11)16-13-6-8-14(17)9-7-13/h2-10,16-17H,1H3. The number of nitrogens with one attached hydrogen (secondary N) is 1. The van der Waals surface area contributed by atoms with Crippen LogP contribution in [0.4, 0.5) is 5.69 Å². The highest BCUT2D eigenvalue weighted by Crippen LogP contribution is 2.22. The van der Waals surface area contributed by atoms with E-state index in [1.807, 2.05) is 36.4 Å². The Morgan fingerprint density at radius 2 is 1.59 bits per heavy atom. The molecule has 17 heavy (non-hydrogen) atoms. The molecule has 2 aromatic carbocycles. The Morgan fingerprint density at radius 1 is 1.00 bits per heavy atom. The van der Waals surface area contributed by atoms with Crippen molar-refractivity contribution in [2.24, 2.45) is 0 Å². The lowest BCUT2D eigenvalue weighted by Crippen LogP contribution is -2.06. The van der Waals surface area contributed by atoms with Crippen molar-refractivity contribution >= 4 is 17.3 Å². The molecule has 0 saturated heterocycles. The highest BCUT2D eigenvalue weighted by Gasteiger charge is 2.04. The summed E-state index contributed by atoms with van der Waals surface area (Å²) in [6, 6.07) is 15.0. The van der Waals surface area contributed by atoms with Crippen LogP contribution in [0.5, 0.6) is 5.75 Å². The third kappa shape index (κ3) is 3.14. The third-order valence-corrected chi connectivity index (χ3v) is 2.87. The normalized spacial score (nSPS) is 12.1. The Morgan fingerprint density at radius 3 is 2.18 bits per heavy atom. The van der Waals surface area contributed by atoms with Crippen LogP contribution in [0.1, 0.15) is 18.5 Å². The van der Waals surface area contributed by atoms with Gasteiger partial charge in [-0.05, 0) is 48.9 Å². The lowest BCUT2D eigenvalue weighted by molar-refractivity contribution is 0.475. The molecule has 0 radical (unpaired) electrons. The van der Waals surface area contributed by atoms with E-state index in [2.05, 4.69) is 12.2 Å². The molecule has 0 saturated carbocycles. The summed E-state index contributed by atoms with van der Waals surface area (Å²) >= 11 is 5.85. The first kappa shape index (κ1) is 11.8. The van der Waals surface area contributed by atoms with Gasteiger partial charge in [0, 0.05) is 16.8 Å². The summed E-state index contributed by atoms with van der Waals surface area (Å²) in [7, 11) is 0. The SMILES string of the molecule is CC(Nc1ccc(O)cc1)c1ccc(Cl)cc1. The first-order chi connectivity index (χ1) is 8.15. The number of phenols is 1. The van der Waals surface area contributed by atoms with Crippen molar-refractivity contribution in [1.29, 1.82) is 0 Å². The summed E-state index contributed by atoms with van der Waals surface area (Å²) in [6.07, 6.45) is 0. The number of rotatable bonds is 3. The van der Waals surface area contributed by atoms with E-state index in [4.69, 9.17) is 11.6 Å². The fourth-order valence-electron chi connectivity index (χ4n) is 1.64. The van der Waals surface area contributed by atoms with Gasteiger partial charge in [0.1, 0.15) is 5.75 Å². The smallest absolute Gasteiger partial charge is 0.115 e. The van der Waals surface area contributed by atoms with Gasteiger partial charge in [-0.3, -0.25) is 0 Å². The lowest BCUT2D eigenvalue weighted by atomic mass is 10.1. The van der Waals surface area contributed by atoms with Crippen molar-refractivity contribution in [2.75, 3.05) is 5.32 Å². The van der Waals surface area contributed by atoms with Crippen molar-refractivity contribution in [3.63, 3.8) is 0 Å². The number of benzene rings is 2. The molecule has 0 aliphatic rings. The number of anilines is 1. The van der Waals surface area contributed by atoms with E-state index >= 15 is 0 Å². The molecular weight excluding hydrogens is 234 g/mol. The van der Waals surface area contributed by atoms with Crippen LogP contribution in [0, 0.1) is 0 Å². The zero-order chi connectivity index (χ0) is 12.3. The van der Waals surface area contributed by atoms with Crippen molar-refractivity contribution < 1.29 is 5.11 Å². The van der Waals surface area contributed by atoms with Gasteiger partial charge in [0.05, 0.1) is 0 Å². The Kier molecular flexibility index (Phi) is 3.55. The molecule has 2 rings (SSSR count). The average Bonchev–Trinajstić information content (AvgIpc) is 2.33. The average molecular weight is 248 g/mol. The minimum absolute atomic E-state index is 0.191. The molecule has 0 heterocycles. The maximum Gasteiger partial charge on any atom is 0.115 e. The highest BCUT2D eigenvalue weighted by molar-refractivity contribution is 6.30. The Labute approximate surface area is 106 Å². The molecule has 1 unspecified atom stereocenters. The van der Waals surface area contributed by atoms with Gasteiger partial charge in [0.15, 0.2) is 0 Å². The molecule has 3 heteroatoms. The summed E-state index contributed by atoms with van der Waals surface area (Å²) in [5, 5.41) is 13.3. The Bertz CT molecular complexity index is 479. The van der Waals surface area contributed by atoms with E-state index < -0.39 is 0 Å². The zero-order valence-corrected chi connectivity index (χ0v) is 10.3. The number of halogens is 1. The number of phenolic OH excluding ortho intramolecular Hbond substituents is 1. The second kappa shape index (κ2) is 5.11. The summed E-state index contributed by atoms with van der Waals surface area (Å²) in [5.74, 6) is 0.273. The van der Waals surface area contributed by atoms with Crippen molar-refractivity contribution in [1.82, 2.24) is 0 Å². The molecule has 0 aliphatic heterocycles. The van der Waals surface area contributed by atoms with Crippen LogP contribution in [0.15, 0.2) is 48.5 Å². The minimum Gasteiger partial charge on any atom is -0.508 e. The van der Waals surface area contributed by atoms with Crippen LogP contribution in [0.25, 0.3) is 0 Å². The molecule has 0 aliphatic carbocycles. The monoisotopic (exact) mass is 247 g/mol. The largest absolute Gasteiger partial charge is 0.508 e. The predicted octanol–water partition coefficient (Wildman–Crippen LogP) is 4.22. The third-order valence-electron chi connectivity index (χ3n) is 2.62. The topological polar surface area (TPSA) is 32.3 Å². The number of hydrogen-bond acceptors (Lipinski definition) is 2. The van der Waals surface area contributed by atoms with Gasteiger partial charge >= 0.3 is 0 Å². The predicted molar refractivity (Wildman–Crippen MR) is 71.6 cm³/mol. The quantitative estimate of drug-likeness (QED) is 0.796. The maximum atomic E-state index is 9.20. The summed E-state index contributed by atoms with van der Waals surface area (Å²) < 4.78 is 0. The molecular formula is C14H14ClNO. The molecule has 2 aromatic rings. The van der Waals surface area contributed by atoms with Gasteiger partial charge in [-0.25, -0.2) is 0 Å². The fourth-order valence-corrected chi connectivity index (χ4v) is 1.77. The number of aromatic hydroxyl groups is 1. The van der Waals surface area contributed by atoms with E-state index in [9.17, 15) is 5.11 Å². The van der Waals surface area contributed by atoms with Crippen LogP contribution in [-0.4, -0.2) is 5.11 Å².